The molecule has 47 heavy (non-hydrogen) atoms. The maximum atomic E-state index is 13.2. The van der Waals surface area contributed by atoms with Crippen molar-refractivity contribution in [1.29, 1.82) is 0 Å². The summed E-state index contributed by atoms with van der Waals surface area (Å²) in [4.78, 5) is 15.2. The van der Waals surface area contributed by atoms with Crippen molar-refractivity contribution < 1.29 is 19.0 Å². The summed E-state index contributed by atoms with van der Waals surface area (Å²) in [5.41, 5.74) is 5.85. The van der Waals surface area contributed by atoms with E-state index >= 15 is 0 Å². The number of ether oxygens (including phenoxy) is 1. The van der Waals surface area contributed by atoms with Crippen molar-refractivity contribution in [3.63, 3.8) is 0 Å². The zero-order valence-electron chi connectivity index (χ0n) is 27.5. The Morgan fingerprint density at radius 1 is 0.936 bits per heavy atom. The van der Waals surface area contributed by atoms with Crippen molar-refractivity contribution >= 4 is 18.3 Å². The first kappa shape index (κ1) is 36.1. The average molecular weight is 659 g/mol. The number of amides is 1. The van der Waals surface area contributed by atoms with Crippen molar-refractivity contribution in [2.75, 3.05) is 26.8 Å². The number of halogens is 2. The summed E-state index contributed by atoms with van der Waals surface area (Å²) in [5.74, 6) is 0.612. The van der Waals surface area contributed by atoms with Gasteiger partial charge in [0.05, 0.1) is 13.7 Å². The summed E-state index contributed by atoms with van der Waals surface area (Å²) in [6.45, 7) is 3.82. The predicted molar refractivity (Wildman–Crippen MR) is 190 cm³/mol. The van der Waals surface area contributed by atoms with Gasteiger partial charge in [-0.25, -0.2) is 4.39 Å². The number of rotatable bonds is 15. The highest BCUT2D eigenvalue weighted by molar-refractivity contribution is 5.85. The number of hydrogen-bond donors (Lipinski definition) is 2. The van der Waals surface area contributed by atoms with Gasteiger partial charge in [-0.15, -0.1) is 12.4 Å². The molecule has 4 aromatic carbocycles. The second-order valence-electron chi connectivity index (χ2n) is 12.5. The maximum absolute atomic E-state index is 13.2. The minimum atomic E-state index is -0.266. The van der Waals surface area contributed by atoms with Crippen LogP contribution in [-0.4, -0.2) is 48.8 Å². The van der Waals surface area contributed by atoms with E-state index in [9.17, 15) is 14.3 Å². The average Bonchev–Trinajstić information content (AvgIpc) is 3.10. The second-order valence-corrected chi connectivity index (χ2v) is 12.5. The fourth-order valence-corrected chi connectivity index (χ4v) is 7.25. The Bertz CT molecular complexity index is 1500. The molecule has 0 aromatic heterocycles. The molecule has 0 fully saturated rings. The second kappa shape index (κ2) is 17.4. The van der Waals surface area contributed by atoms with Crippen molar-refractivity contribution in [2.24, 2.45) is 0 Å². The summed E-state index contributed by atoms with van der Waals surface area (Å²) in [5, 5.41) is 13.5. The van der Waals surface area contributed by atoms with Crippen LogP contribution in [0.3, 0.4) is 0 Å². The molecule has 0 radical (unpaired) electrons. The number of carbonyl (C=O) groups is 1. The van der Waals surface area contributed by atoms with Gasteiger partial charge in [-0.05, 0) is 104 Å². The number of nitrogens with zero attached hydrogens (tertiary/aromatic N) is 1. The van der Waals surface area contributed by atoms with Crippen LogP contribution < -0.4 is 10.1 Å². The lowest BCUT2D eigenvalue weighted by Gasteiger charge is -2.42. The molecule has 7 heteroatoms. The van der Waals surface area contributed by atoms with Crippen LogP contribution in [0.2, 0.25) is 0 Å². The van der Waals surface area contributed by atoms with Crippen LogP contribution >= 0.6 is 12.4 Å². The zero-order chi connectivity index (χ0) is 32.4. The highest BCUT2D eigenvalue weighted by Gasteiger charge is 2.36. The van der Waals surface area contributed by atoms with Gasteiger partial charge in [-0.2, -0.15) is 0 Å². The number of methoxy groups -OCH3 is 1. The van der Waals surface area contributed by atoms with Crippen LogP contribution in [0.25, 0.3) is 0 Å². The molecular weight excluding hydrogens is 611 g/mol. The van der Waals surface area contributed by atoms with E-state index in [0.717, 1.165) is 50.0 Å². The van der Waals surface area contributed by atoms with Crippen LogP contribution in [0.15, 0.2) is 103 Å². The molecule has 4 aromatic rings. The lowest BCUT2D eigenvalue weighted by atomic mass is 9.68. The Balaban J connectivity index is 0.00000500. The summed E-state index contributed by atoms with van der Waals surface area (Å²) >= 11 is 0. The monoisotopic (exact) mass is 658 g/mol. The minimum Gasteiger partial charge on any atom is -0.497 e. The highest BCUT2D eigenvalue weighted by atomic mass is 35.5. The van der Waals surface area contributed by atoms with E-state index in [1.165, 1.54) is 34.4 Å². The molecule has 1 heterocycles. The van der Waals surface area contributed by atoms with Gasteiger partial charge in [0.1, 0.15) is 11.6 Å². The van der Waals surface area contributed by atoms with E-state index in [0.29, 0.717) is 19.4 Å². The standard InChI is InChI=1S/C40H47FN2O3.ClH/c1-30-38-28-37(46-2)21-18-32(38)27-36(29-44)43(30)26-10-24-40(33-11-5-3-6-12-33,34-13-7-4-8-14-34)23-9-25-42-39(45)22-17-31-15-19-35(41)20-16-31;/h3-8,11-16,18-21,28,30,36,44H,9-10,17,22-27,29H2,1-2H3,(H,42,45);1H. The molecule has 5 nitrogen and oxygen atoms in total. The van der Waals surface area contributed by atoms with Crippen molar-refractivity contribution in [2.45, 2.75) is 69.4 Å². The predicted octanol–water partition coefficient (Wildman–Crippen LogP) is 7.83. The van der Waals surface area contributed by atoms with Crippen molar-refractivity contribution in [3.05, 3.63) is 137 Å². The number of aryl methyl sites for hydroxylation is 1. The van der Waals surface area contributed by atoms with E-state index in [4.69, 9.17) is 4.74 Å². The van der Waals surface area contributed by atoms with Gasteiger partial charge in [0, 0.05) is 30.5 Å². The molecule has 5 rings (SSSR count). The SMILES string of the molecule is COc1ccc2c(c1)C(C)N(CCCC(CCCNC(=O)CCc1ccc(F)cc1)(c1ccccc1)c1ccccc1)C(CO)C2.Cl. The summed E-state index contributed by atoms with van der Waals surface area (Å²) < 4.78 is 18.8. The van der Waals surface area contributed by atoms with Gasteiger partial charge < -0.3 is 15.2 Å². The van der Waals surface area contributed by atoms with Gasteiger partial charge in [-0.1, -0.05) is 78.9 Å². The molecule has 0 saturated heterocycles. The van der Waals surface area contributed by atoms with Crippen LogP contribution in [0, 0.1) is 5.82 Å². The highest BCUT2D eigenvalue weighted by Crippen LogP contribution is 2.42. The number of benzene rings is 4. The third-order valence-corrected chi connectivity index (χ3v) is 9.77. The molecule has 1 aliphatic heterocycles. The van der Waals surface area contributed by atoms with E-state index in [1.807, 2.05) is 6.07 Å². The first-order valence-electron chi connectivity index (χ1n) is 16.6. The van der Waals surface area contributed by atoms with Gasteiger partial charge in [0.15, 0.2) is 0 Å². The zero-order valence-corrected chi connectivity index (χ0v) is 28.4. The van der Waals surface area contributed by atoms with E-state index in [1.54, 1.807) is 19.2 Å². The quantitative estimate of drug-likeness (QED) is 0.128. The molecule has 1 aliphatic rings. The smallest absolute Gasteiger partial charge is 0.220 e. The topological polar surface area (TPSA) is 61.8 Å². The Morgan fingerprint density at radius 3 is 2.19 bits per heavy atom. The number of hydrogen-bond acceptors (Lipinski definition) is 4. The number of aliphatic hydroxyl groups excluding tert-OH is 1. The third-order valence-electron chi connectivity index (χ3n) is 9.77. The van der Waals surface area contributed by atoms with Gasteiger partial charge in [-0.3, -0.25) is 9.69 Å². The molecule has 2 N–H and O–H groups in total. The van der Waals surface area contributed by atoms with Gasteiger partial charge >= 0.3 is 0 Å². The van der Waals surface area contributed by atoms with Crippen LogP contribution in [0.4, 0.5) is 4.39 Å². The molecule has 0 aliphatic carbocycles. The largest absolute Gasteiger partial charge is 0.497 e. The molecule has 2 atom stereocenters. The van der Waals surface area contributed by atoms with E-state index in [-0.39, 0.29) is 48.2 Å². The van der Waals surface area contributed by atoms with E-state index in [2.05, 4.69) is 89.9 Å². The summed E-state index contributed by atoms with van der Waals surface area (Å²) in [6, 6.07) is 34.4. The Hall–Kier alpha value is -3.71. The Kier molecular flexibility index (Phi) is 13.4. The third kappa shape index (κ3) is 9.01. The fourth-order valence-electron chi connectivity index (χ4n) is 7.25. The molecule has 250 valence electrons. The number of nitrogens with one attached hydrogen (secondary N) is 1. The maximum Gasteiger partial charge on any atom is 0.220 e. The van der Waals surface area contributed by atoms with Crippen molar-refractivity contribution in [3.8, 4) is 5.75 Å². The lowest BCUT2D eigenvalue weighted by molar-refractivity contribution is -0.121. The van der Waals surface area contributed by atoms with Gasteiger partial charge in [0.2, 0.25) is 5.91 Å². The molecule has 1 amide bonds. The van der Waals surface area contributed by atoms with Gasteiger partial charge in [0.25, 0.3) is 0 Å². The number of carbonyl (C=O) groups excluding carboxylic acids is 1. The number of aliphatic hydroxyl groups is 1. The first-order valence-corrected chi connectivity index (χ1v) is 16.6. The molecule has 0 spiro atoms. The lowest BCUT2D eigenvalue weighted by Crippen LogP contribution is -2.45. The normalized spacial score (nSPS) is 16.2. The molecule has 0 saturated carbocycles. The van der Waals surface area contributed by atoms with Crippen molar-refractivity contribution in [1.82, 2.24) is 10.2 Å². The van der Waals surface area contributed by atoms with Crippen LogP contribution in [-0.2, 0) is 23.1 Å². The minimum absolute atomic E-state index is 0. The first-order chi connectivity index (χ1) is 22.4. The van der Waals surface area contributed by atoms with E-state index < -0.39 is 0 Å². The van der Waals surface area contributed by atoms with Crippen LogP contribution in [0.1, 0.15) is 72.9 Å². The van der Waals surface area contributed by atoms with Crippen LogP contribution in [0.5, 0.6) is 5.75 Å². The Labute approximate surface area is 285 Å². The molecular formula is C40H48ClFN2O3. The number of fused-ring (bicyclic) bond motifs is 1. The molecule has 0 bridgehead atoms. The summed E-state index contributed by atoms with van der Waals surface area (Å²) in [7, 11) is 1.70. The summed E-state index contributed by atoms with van der Waals surface area (Å²) in [6.07, 6.45) is 5.40. The Morgan fingerprint density at radius 2 is 1.57 bits per heavy atom. The molecule has 2 unspecified atom stereocenters. The fraction of sp³-hybridized carbons (Fsp3) is 0.375.